The first-order chi connectivity index (χ1) is 11.0. The molecule has 1 fully saturated rings. The van der Waals surface area contributed by atoms with Gasteiger partial charge in [0, 0.05) is 11.9 Å². The summed E-state index contributed by atoms with van der Waals surface area (Å²) in [6, 6.07) is 3.51. The summed E-state index contributed by atoms with van der Waals surface area (Å²) in [5.74, 6) is -2.91. The minimum Gasteiger partial charge on any atom is -0.510 e. The predicted molar refractivity (Wildman–Crippen MR) is 80.1 cm³/mol. The molecule has 0 atom stereocenters. The van der Waals surface area contributed by atoms with Crippen LogP contribution in [-0.4, -0.2) is 39.1 Å². The van der Waals surface area contributed by atoms with Crippen LogP contribution in [0, 0.1) is 0 Å². The zero-order chi connectivity index (χ0) is 16.6. The smallest absolute Gasteiger partial charge is 0.322 e. The Morgan fingerprint density at radius 1 is 1.26 bits per heavy atom. The Balaban J connectivity index is 2.06. The number of rotatable bonds is 3. The second kappa shape index (κ2) is 5.57. The van der Waals surface area contributed by atoms with Crippen molar-refractivity contribution in [3.63, 3.8) is 0 Å². The van der Waals surface area contributed by atoms with Gasteiger partial charge in [0.05, 0.1) is 5.41 Å². The summed E-state index contributed by atoms with van der Waals surface area (Å²) in [6.07, 6.45) is 5.73. The highest BCUT2D eigenvalue weighted by atomic mass is 16.4. The number of allylic oxidation sites excluding steroid dienone is 1. The quantitative estimate of drug-likeness (QED) is 0.729. The number of aliphatic hydroxyl groups excluding tert-OH is 1. The lowest BCUT2D eigenvalue weighted by Gasteiger charge is -2.40. The molecule has 2 heterocycles. The first kappa shape index (κ1) is 15.3. The van der Waals surface area contributed by atoms with Gasteiger partial charge in [0.15, 0.2) is 0 Å². The zero-order valence-corrected chi connectivity index (χ0v) is 12.5. The number of nitrogens with one attached hydrogen (secondary N) is 1. The number of aromatic nitrogens is 1. The van der Waals surface area contributed by atoms with Crippen LogP contribution >= 0.6 is 0 Å². The molecule has 1 aromatic heterocycles. The molecule has 1 aliphatic heterocycles. The lowest BCUT2D eigenvalue weighted by molar-refractivity contribution is -0.137. The van der Waals surface area contributed by atoms with Crippen LogP contribution in [0.25, 0.3) is 0 Å². The second-order valence-corrected chi connectivity index (χ2v) is 6.01. The first-order valence-corrected chi connectivity index (χ1v) is 7.63. The monoisotopic (exact) mass is 318 g/mol. The molecule has 7 nitrogen and oxygen atoms in total. The molecule has 1 aromatic rings. The van der Waals surface area contributed by atoms with E-state index in [1.807, 2.05) is 0 Å². The third-order valence-electron chi connectivity index (χ3n) is 4.70. The molecule has 1 amide bonds. The van der Waals surface area contributed by atoms with Gasteiger partial charge in [0.2, 0.25) is 0 Å². The van der Waals surface area contributed by atoms with Crippen LogP contribution in [0.4, 0.5) is 0 Å². The van der Waals surface area contributed by atoms with Crippen LogP contribution in [0.1, 0.15) is 42.6 Å². The van der Waals surface area contributed by atoms with Crippen LogP contribution in [0.15, 0.2) is 29.7 Å². The van der Waals surface area contributed by atoms with Crippen molar-refractivity contribution in [2.45, 2.75) is 37.5 Å². The fourth-order valence-corrected chi connectivity index (χ4v) is 3.63. The van der Waals surface area contributed by atoms with E-state index < -0.39 is 29.7 Å². The van der Waals surface area contributed by atoms with Gasteiger partial charge < -0.3 is 15.5 Å². The summed E-state index contributed by atoms with van der Waals surface area (Å²) in [7, 11) is 0. The number of hydrogen-bond donors (Lipinski definition) is 3. The molecule has 2 aliphatic rings. The number of carbonyl (C=O) groups excluding carboxylic acids is 2. The summed E-state index contributed by atoms with van der Waals surface area (Å²) < 4.78 is 1.39. The van der Waals surface area contributed by atoms with Gasteiger partial charge in [-0.1, -0.05) is 19.3 Å². The Hall–Kier alpha value is -2.57. The highest BCUT2D eigenvalue weighted by Crippen LogP contribution is 2.47. The van der Waals surface area contributed by atoms with Gasteiger partial charge in [-0.25, -0.2) is 0 Å². The molecule has 0 radical (unpaired) electrons. The van der Waals surface area contributed by atoms with E-state index >= 15 is 0 Å². The SMILES string of the molecule is O=C(O)CNC(=O)C1=C(O)C2(CCCCC2)c2cccn2C1=O. The first-order valence-electron chi connectivity index (χ1n) is 7.63. The molecular formula is C16H18N2O5. The maximum absolute atomic E-state index is 12.5. The van der Waals surface area contributed by atoms with Crippen LogP contribution in [0.3, 0.4) is 0 Å². The van der Waals surface area contributed by atoms with Crippen molar-refractivity contribution in [3.8, 4) is 0 Å². The molecule has 0 bridgehead atoms. The Morgan fingerprint density at radius 3 is 2.61 bits per heavy atom. The highest BCUT2D eigenvalue weighted by Gasteiger charge is 2.48. The van der Waals surface area contributed by atoms with Crippen molar-refractivity contribution in [2.24, 2.45) is 0 Å². The number of amides is 1. The molecule has 3 rings (SSSR count). The normalized spacial score (nSPS) is 19.6. The molecule has 23 heavy (non-hydrogen) atoms. The summed E-state index contributed by atoms with van der Waals surface area (Å²) in [5.41, 5.74) is -0.378. The van der Waals surface area contributed by atoms with Crippen LogP contribution in [-0.2, 0) is 15.0 Å². The molecule has 0 unspecified atom stereocenters. The maximum atomic E-state index is 12.5. The zero-order valence-electron chi connectivity index (χ0n) is 12.5. The average Bonchev–Trinajstić information content (AvgIpc) is 3.03. The largest absolute Gasteiger partial charge is 0.510 e. The van der Waals surface area contributed by atoms with E-state index in [4.69, 9.17) is 5.11 Å². The summed E-state index contributed by atoms with van der Waals surface area (Å²) >= 11 is 0. The second-order valence-electron chi connectivity index (χ2n) is 6.01. The summed E-state index contributed by atoms with van der Waals surface area (Å²) in [4.78, 5) is 35.4. The number of fused-ring (bicyclic) bond motifs is 2. The number of carboxylic acid groups (broad SMARTS) is 1. The third kappa shape index (κ3) is 2.32. The number of nitrogens with zero attached hydrogens (tertiary/aromatic N) is 1. The lowest BCUT2D eigenvalue weighted by Crippen LogP contribution is -2.45. The van der Waals surface area contributed by atoms with Crippen molar-refractivity contribution < 1.29 is 24.6 Å². The van der Waals surface area contributed by atoms with E-state index in [0.29, 0.717) is 18.5 Å². The molecule has 122 valence electrons. The van der Waals surface area contributed by atoms with Gasteiger partial charge >= 0.3 is 5.97 Å². The summed E-state index contributed by atoms with van der Waals surface area (Å²) in [5, 5.41) is 21.6. The number of aliphatic hydroxyl groups is 1. The number of carboxylic acids is 1. The Morgan fingerprint density at radius 2 is 1.96 bits per heavy atom. The van der Waals surface area contributed by atoms with Crippen molar-refractivity contribution >= 4 is 17.8 Å². The van der Waals surface area contributed by atoms with E-state index in [2.05, 4.69) is 5.32 Å². The van der Waals surface area contributed by atoms with E-state index in [9.17, 15) is 19.5 Å². The van der Waals surface area contributed by atoms with E-state index in [1.165, 1.54) is 4.57 Å². The predicted octanol–water partition coefficient (Wildman–Crippen LogP) is 1.36. The van der Waals surface area contributed by atoms with Gasteiger partial charge in [-0.2, -0.15) is 0 Å². The van der Waals surface area contributed by atoms with Gasteiger partial charge in [-0.05, 0) is 25.0 Å². The van der Waals surface area contributed by atoms with Crippen LogP contribution in [0.2, 0.25) is 0 Å². The fraction of sp³-hybridized carbons (Fsp3) is 0.438. The van der Waals surface area contributed by atoms with Gasteiger partial charge in [-0.15, -0.1) is 0 Å². The molecule has 0 aromatic carbocycles. The minimum absolute atomic E-state index is 0.226. The van der Waals surface area contributed by atoms with Gasteiger partial charge in [0.1, 0.15) is 17.9 Å². The van der Waals surface area contributed by atoms with Gasteiger partial charge in [0.25, 0.3) is 11.8 Å². The van der Waals surface area contributed by atoms with Crippen LogP contribution < -0.4 is 5.32 Å². The fourth-order valence-electron chi connectivity index (χ4n) is 3.63. The highest BCUT2D eigenvalue weighted by molar-refractivity contribution is 6.21. The van der Waals surface area contributed by atoms with Crippen molar-refractivity contribution in [1.82, 2.24) is 9.88 Å². The van der Waals surface area contributed by atoms with E-state index in [-0.39, 0.29) is 11.3 Å². The topological polar surface area (TPSA) is 109 Å². The molecule has 1 saturated carbocycles. The Kier molecular flexibility index (Phi) is 3.71. The van der Waals surface area contributed by atoms with Crippen molar-refractivity contribution in [1.29, 1.82) is 0 Å². The Labute approximate surface area is 132 Å². The average molecular weight is 318 g/mol. The summed E-state index contributed by atoms with van der Waals surface area (Å²) in [6.45, 7) is -0.603. The number of aliphatic carboxylic acids is 1. The lowest BCUT2D eigenvalue weighted by atomic mass is 9.68. The van der Waals surface area contributed by atoms with Crippen molar-refractivity contribution in [2.75, 3.05) is 6.54 Å². The van der Waals surface area contributed by atoms with E-state index in [0.717, 1.165) is 19.3 Å². The molecule has 0 saturated heterocycles. The van der Waals surface area contributed by atoms with E-state index in [1.54, 1.807) is 18.3 Å². The molecule has 1 spiro atoms. The number of hydrogen-bond acceptors (Lipinski definition) is 4. The third-order valence-corrected chi connectivity index (χ3v) is 4.70. The maximum Gasteiger partial charge on any atom is 0.322 e. The molecular weight excluding hydrogens is 300 g/mol. The van der Waals surface area contributed by atoms with Crippen molar-refractivity contribution in [3.05, 3.63) is 35.4 Å². The van der Waals surface area contributed by atoms with Crippen LogP contribution in [0.5, 0.6) is 0 Å². The van der Waals surface area contributed by atoms with Gasteiger partial charge in [-0.3, -0.25) is 19.0 Å². The molecule has 3 N–H and O–H groups in total. The number of carbonyl (C=O) groups is 3. The Bertz CT molecular complexity index is 710. The molecule has 1 aliphatic carbocycles. The molecule has 7 heteroatoms. The minimum atomic E-state index is -1.21. The standard InChI is InChI=1S/C16H18N2O5/c19-11(20)9-17-14(22)12-13(21)16(6-2-1-3-7-16)10-5-4-8-18(10)15(12)23/h4-5,8,21H,1-3,6-7,9H2,(H,17,22)(H,19,20).